The van der Waals surface area contributed by atoms with Gasteiger partial charge in [0.25, 0.3) is 0 Å². The molecule has 9 nitrogen and oxygen atoms in total. The first-order valence-electron chi connectivity index (χ1n) is 27.9. The molecule has 7 unspecified atom stereocenters. The molecular weight excluding hydrogens is 887 g/mol. The van der Waals surface area contributed by atoms with Gasteiger partial charge in [-0.25, -0.2) is 0 Å². The van der Waals surface area contributed by atoms with Crippen molar-refractivity contribution in [3.63, 3.8) is 0 Å². The highest BCUT2D eigenvalue weighted by Crippen LogP contribution is 2.22. The van der Waals surface area contributed by atoms with Crippen LogP contribution in [0.5, 0.6) is 0 Å². The SMILES string of the molecule is CC/C=C\C/C=C\C/C=C\C/C=C\C/C=C\C/C=C\C/C=C\C/C=C\CCCCCCC(=O)NC(COC1OC(CO)C(O)C(O)C1O)C(O)/C=C/CC/C=C/CC/C=C/CCCCCCCCCCC. The van der Waals surface area contributed by atoms with Crippen LogP contribution >= 0.6 is 0 Å². The predicted molar refractivity (Wildman–Crippen MR) is 299 cm³/mol. The van der Waals surface area contributed by atoms with Crippen molar-refractivity contribution in [2.24, 2.45) is 0 Å². The van der Waals surface area contributed by atoms with Crippen molar-refractivity contribution in [1.82, 2.24) is 5.32 Å². The maximum Gasteiger partial charge on any atom is 0.220 e. The van der Waals surface area contributed by atoms with Crippen LogP contribution in [0.15, 0.2) is 134 Å². The van der Waals surface area contributed by atoms with Gasteiger partial charge < -0.3 is 40.3 Å². The van der Waals surface area contributed by atoms with E-state index in [2.05, 4.69) is 141 Å². The molecule has 1 aliphatic rings. The quantitative estimate of drug-likeness (QED) is 0.0261. The highest BCUT2D eigenvalue weighted by atomic mass is 16.7. The van der Waals surface area contributed by atoms with E-state index < -0.39 is 49.5 Å². The first-order valence-corrected chi connectivity index (χ1v) is 27.9. The Hall–Kier alpha value is -3.67. The number of aliphatic hydroxyl groups excluding tert-OH is 5. The van der Waals surface area contributed by atoms with Crippen molar-refractivity contribution in [2.75, 3.05) is 13.2 Å². The number of aliphatic hydroxyl groups is 5. The van der Waals surface area contributed by atoms with E-state index in [9.17, 15) is 30.3 Å². The van der Waals surface area contributed by atoms with Gasteiger partial charge in [0, 0.05) is 6.42 Å². The van der Waals surface area contributed by atoms with Gasteiger partial charge in [-0.1, -0.05) is 212 Å². The molecule has 0 aromatic rings. The highest BCUT2D eigenvalue weighted by molar-refractivity contribution is 5.76. The largest absolute Gasteiger partial charge is 0.394 e. The molecule has 1 fully saturated rings. The fourth-order valence-corrected chi connectivity index (χ4v) is 7.79. The average molecular weight is 988 g/mol. The lowest BCUT2D eigenvalue weighted by Gasteiger charge is -2.40. The van der Waals surface area contributed by atoms with Crippen LogP contribution in [0.1, 0.15) is 194 Å². The molecule has 1 amide bonds. The number of unbranched alkanes of at least 4 members (excludes halogenated alkanes) is 15. The lowest BCUT2D eigenvalue weighted by molar-refractivity contribution is -0.302. The zero-order valence-electron chi connectivity index (χ0n) is 44.4. The molecule has 0 radical (unpaired) electrons. The predicted octanol–water partition coefficient (Wildman–Crippen LogP) is 13.7. The Morgan fingerprint density at radius 3 is 1.35 bits per heavy atom. The Labute approximate surface area is 432 Å². The van der Waals surface area contributed by atoms with Crippen molar-refractivity contribution in [1.29, 1.82) is 0 Å². The number of rotatable bonds is 45. The van der Waals surface area contributed by atoms with Gasteiger partial charge >= 0.3 is 0 Å². The summed E-state index contributed by atoms with van der Waals surface area (Å²) in [5, 5.41) is 54.4. The van der Waals surface area contributed by atoms with Crippen LogP contribution in [0.3, 0.4) is 0 Å². The van der Waals surface area contributed by atoms with E-state index in [-0.39, 0.29) is 12.5 Å². The van der Waals surface area contributed by atoms with Gasteiger partial charge in [0.05, 0.1) is 25.4 Å². The summed E-state index contributed by atoms with van der Waals surface area (Å²) in [4.78, 5) is 13.0. The topological polar surface area (TPSA) is 149 Å². The van der Waals surface area contributed by atoms with E-state index in [4.69, 9.17) is 9.47 Å². The minimum atomic E-state index is -1.59. The number of carbonyl (C=O) groups excluding carboxylic acids is 1. The van der Waals surface area contributed by atoms with Crippen LogP contribution in [0.2, 0.25) is 0 Å². The van der Waals surface area contributed by atoms with Gasteiger partial charge in [-0.15, -0.1) is 0 Å². The molecule has 1 rings (SSSR count). The van der Waals surface area contributed by atoms with Gasteiger partial charge in [-0.3, -0.25) is 4.79 Å². The third-order valence-electron chi connectivity index (χ3n) is 12.2. The molecule has 71 heavy (non-hydrogen) atoms. The van der Waals surface area contributed by atoms with Gasteiger partial charge in [0.15, 0.2) is 6.29 Å². The summed E-state index contributed by atoms with van der Waals surface area (Å²) in [7, 11) is 0. The summed E-state index contributed by atoms with van der Waals surface area (Å²) in [5.41, 5.74) is 0. The standard InChI is InChI=1S/C62H101NO8/c1-3-5-7-9-11-13-15-17-19-21-23-24-25-26-27-28-29-30-31-32-34-36-38-40-42-44-46-48-50-52-58(66)63-55(54-70-62-61(69)60(68)59(67)57(53-64)71-62)56(65)51-49-47-45-43-41-39-37-35-33-22-20-18-16-14-12-10-8-6-4-2/h5,7,11,13,17,19,23-24,26-27,29-30,32-35,38,40-41,43,49,51,55-57,59-62,64-65,67-69H,3-4,6,8-10,12,14-16,18,20-22,25,28,31,36-37,39,42,44-48,50,52-54H2,1-2H3,(H,63,66)/b7-5-,13-11-,19-17-,24-23-,27-26-,30-29-,34-32-,35-33+,40-38-,43-41+,51-49+. The molecule has 0 aliphatic carbocycles. The Morgan fingerprint density at radius 2 is 0.887 bits per heavy atom. The molecule has 1 saturated heterocycles. The van der Waals surface area contributed by atoms with Gasteiger partial charge in [0.2, 0.25) is 5.91 Å². The number of amides is 1. The second kappa shape index (κ2) is 49.9. The van der Waals surface area contributed by atoms with E-state index in [1.807, 2.05) is 6.08 Å². The number of hydrogen-bond acceptors (Lipinski definition) is 8. The molecule has 9 heteroatoms. The molecule has 6 N–H and O–H groups in total. The van der Waals surface area contributed by atoms with Crippen LogP contribution in [0.4, 0.5) is 0 Å². The second-order valence-electron chi connectivity index (χ2n) is 18.6. The maximum absolute atomic E-state index is 13.0. The van der Waals surface area contributed by atoms with Crippen molar-refractivity contribution >= 4 is 5.91 Å². The Kier molecular flexibility index (Phi) is 45.9. The third kappa shape index (κ3) is 39.5. The number of allylic oxidation sites excluding steroid dienone is 21. The molecule has 0 aromatic heterocycles. The van der Waals surface area contributed by atoms with E-state index >= 15 is 0 Å². The normalized spacial score (nSPS) is 20.4. The molecule has 0 aromatic carbocycles. The lowest BCUT2D eigenvalue weighted by atomic mass is 9.99. The smallest absolute Gasteiger partial charge is 0.220 e. The van der Waals surface area contributed by atoms with Gasteiger partial charge in [-0.05, 0) is 109 Å². The Bertz CT molecular complexity index is 1570. The average Bonchev–Trinajstić information content (AvgIpc) is 3.37. The van der Waals surface area contributed by atoms with Crippen LogP contribution in [0.25, 0.3) is 0 Å². The van der Waals surface area contributed by atoms with E-state index in [0.717, 1.165) is 103 Å². The molecular formula is C62H101NO8. The Balaban J connectivity index is 2.33. The van der Waals surface area contributed by atoms with Crippen molar-refractivity contribution < 1.29 is 39.8 Å². The van der Waals surface area contributed by atoms with Crippen molar-refractivity contribution in [2.45, 2.75) is 236 Å². The molecule has 0 bridgehead atoms. The number of hydrogen-bond donors (Lipinski definition) is 6. The summed E-state index contributed by atoms with van der Waals surface area (Å²) in [6, 6.07) is -0.853. The lowest BCUT2D eigenvalue weighted by Crippen LogP contribution is -2.60. The van der Waals surface area contributed by atoms with Crippen LogP contribution in [-0.4, -0.2) is 87.5 Å². The number of carbonyl (C=O) groups is 1. The zero-order valence-corrected chi connectivity index (χ0v) is 44.4. The first-order chi connectivity index (χ1) is 34.8. The fourth-order valence-electron chi connectivity index (χ4n) is 7.79. The highest BCUT2D eigenvalue weighted by Gasteiger charge is 2.44. The second-order valence-corrected chi connectivity index (χ2v) is 18.6. The zero-order chi connectivity index (χ0) is 51.5. The minimum absolute atomic E-state index is 0.222. The number of ether oxygens (including phenoxy) is 2. The van der Waals surface area contributed by atoms with Crippen LogP contribution < -0.4 is 5.32 Å². The minimum Gasteiger partial charge on any atom is -0.394 e. The molecule has 7 atom stereocenters. The molecule has 402 valence electrons. The van der Waals surface area contributed by atoms with Crippen molar-refractivity contribution in [3.05, 3.63) is 134 Å². The first kappa shape index (κ1) is 65.3. The molecule has 1 aliphatic heterocycles. The maximum atomic E-state index is 13.0. The molecule has 1 heterocycles. The third-order valence-corrected chi connectivity index (χ3v) is 12.2. The summed E-state index contributed by atoms with van der Waals surface area (Å²) >= 11 is 0. The van der Waals surface area contributed by atoms with Crippen LogP contribution in [-0.2, 0) is 14.3 Å². The summed E-state index contributed by atoms with van der Waals surface area (Å²) < 4.78 is 11.2. The van der Waals surface area contributed by atoms with Gasteiger partial charge in [-0.2, -0.15) is 0 Å². The van der Waals surface area contributed by atoms with Crippen molar-refractivity contribution in [3.8, 4) is 0 Å². The van der Waals surface area contributed by atoms with E-state index in [1.54, 1.807) is 6.08 Å². The number of nitrogens with one attached hydrogen (secondary N) is 1. The summed E-state index contributed by atoms with van der Waals surface area (Å²) in [5.74, 6) is -0.222. The molecule has 0 saturated carbocycles. The summed E-state index contributed by atoms with van der Waals surface area (Å²) in [6.45, 7) is 3.61. The van der Waals surface area contributed by atoms with E-state index in [1.165, 1.54) is 57.8 Å². The molecule has 0 spiro atoms. The van der Waals surface area contributed by atoms with E-state index in [0.29, 0.717) is 19.3 Å². The monoisotopic (exact) mass is 988 g/mol. The Morgan fingerprint density at radius 1 is 0.493 bits per heavy atom. The van der Waals surface area contributed by atoms with Crippen LogP contribution in [0, 0.1) is 0 Å². The van der Waals surface area contributed by atoms with Gasteiger partial charge in [0.1, 0.15) is 24.4 Å². The fraction of sp³-hybridized carbons (Fsp3) is 0.629. The summed E-state index contributed by atoms with van der Waals surface area (Å²) in [6.07, 6.45) is 69.3.